The summed E-state index contributed by atoms with van der Waals surface area (Å²) >= 11 is 6.12. The molecule has 3 aliphatic carbocycles. The molecule has 0 spiro atoms. The largest absolute Gasteiger partial charge is 0.492 e. The van der Waals surface area contributed by atoms with E-state index in [1.54, 1.807) is 0 Å². The zero-order valence-electron chi connectivity index (χ0n) is 13.3. The quantitative estimate of drug-likeness (QED) is 0.717. The smallest absolute Gasteiger partial charge is 0.162 e. The number of Topliss-reactive ketones (excluding diaryl/α,β-unsaturated/α-hetero) is 1. The minimum atomic E-state index is -0.570. The number of halogens is 2. The van der Waals surface area contributed by atoms with Gasteiger partial charge in [0.2, 0.25) is 0 Å². The van der Waals surface area contributed by atoms with Gasteiger partial charge < -0.3 is 4.74 Å². The van der Waals surface area contributed by atoms with Gasteiger partial charge >= 0.3 is 0 Å². The lowest BCUT2D eigenvalue weighted by Crippen LogP contribution is -2.53. The molecular weight excluding hydrogens is 303 g/mol. The van der Waals surface area contributed by atoms with Crippen LogP contribution in [0.3, 0.4) is 0 Å². The summed E-state index contributed by atoms with van der Waals surface area (Å²) in [6.07, 6.45) is 3.71. The van der Waals surface area contributed by atoms with Gasteiger partial charge in [-0.05, 0) is 55.4 Å². The monoisotopic (exact) mass is 324 g/mol. The van der Waals surface area contributed by atoms with E-state index in [4.69, 9.17) is 16.3 Å². The molecule has 2 nitrogen and oxygen atoms in total. The molecule has 0 aliphatic heterocycles. The second kappa shape index (κ2) is 5.52. The third-order valence-corrected chi connectivity index (χ3v) is 6.15. The summed E-state index contributed by atoms with van der Waals surface area (Å²) in [6, 6.07) is 2.59. The Balaban J connectivity index is 1.69. The fourth-order valence-electron chi connectivity index (χ4n) is 4.27. The molecule has 2 bridgehead atoms. The zero-order valence-corrected chi connectivity index (χ0v) is 14.0. The Kier molecular flexibility index (Phi) is 3.96. The van der Waals surface area contributed by atoms with E-state index in [1.807, 2.05) is 0 Å². The van der Waals surface area contributed by atoms with Gasteiger partial charge in [-0.2, -0.15) is 0 Å². The highest BCUT2D eigenvalue weighted by atomic mass is 35.5. The van der Waals surface area contributed by atoms with Crippen LogP contribution in [0.5, 0.6) is 5.75 Å². The van der Waals surface area contributed by atoms with Crippen LogP contribution < -0.4 is 4.74 Å². The van der Waals surface area contributed by atoms with Crippen molar-refractivity contribution in [2.45, 2.75) is 40.0 Å². The number of rotatable bonds is 4. The van der Waals surface area contributed by atoms with E-state index in [1.165, 1.54) is 38.3 Å². The molecule has 1 aromatic carbocycles. The summed E-state index contributed by atoms with van der Waals surface area (Å²) in [5.41, 5.74) is 0.415. The summed E-state index contributed by atoms with van der Waals surface area (Å²) in [5, 5.41) is 0.299. The van der Waals surface area contributed by atoms with E-state index in [9.17, 15) is 9.18 Å². The molecule has 0 aromatic heterocycles. The first-order valence-corrected chi connectivity index (χ1v) is 8.31. The lowest BCUT2D eigenvalue weighted by molar-refractivity contribution is -0.114. The summed E-state index contributed by atoms with van der Waals surface area (Å²) in [7, 11) is 0. The maximum Gasteiger partial charge on any atom is 0.162 e. The van der Waals surface area contributed by atoms with Crippen LogP contribution in [0, 0.1) is 29.0 Å². The Bertz CT molecular complexity index is 609. The van der Waals surface area contributed by atoms with E-state index < -0.39 is 5.82 Å². The highest BCUT2D eigenvalue weighted by molar-refractivity contribution is 6.32. The first-order chi connectivity index (χ1) is 10.3. The third kappa shape index (κ3) is 2.54. The molecule has 120 valence electrons. The molecule has 22 heavy (non-hydrogen) atoms. The van der Waals surface area contributed by atoms with Crippen LogP contribution in [0.1, 0.15) is 50.4 Å². The minimum absolute atomic E-state index is 0.0120. The van der Waals surface area contributed by atoms with Crippen molar-refractivity contribution in [3.8, 4) is 5.75 Å². The zero-order chi connectivity index (χ0) is 16.1. The molecule has 0 N–H and O–H groups in total. The van der Waals surface area contributed by atoms with Crippen LogP contribution in [0.25, 0.3) is 0 Å². The molecule has 3 fully saturated rings. The van der Waals surface area contributed by atoms with Gasteiger partial charge in [-0.25, -0.2) is 4.39 Å². The molecule has 4 heteroatoms. The van der Waals surface area contributed by atoms with E-state index in [0.717, 1.165) is 5.92 Å². The molecule has 0 radical (unpaired) electrons. The highest BCUT2D eigenvalue weighted by Crippen LogP contribution is 2.61. The van der Waals surface area contributed by atoms with Crippen LogP contribution in [0.2, 0.25) is 5.02 Å². The Morgan fingerprint density at radius 2 is 2.14 bits per heavy atom. The predicted octanol–water partition coefficient (Wildman–Crippen LogP) is 5.13. The molecule has 3 aliphatic rings. The lowest BCUT2D eigenvalue weighted by atomic mass is 9.46. The molecule has 3 saturated carbocycles. The number of hydrogen-bond acceptors (Lipinski definition) is 2. The highest BCUT2D eigenvalue weighted by Gasteiger charge is 2.54. The molecule has 0 heterocycles. The number of ether oxygens (including phenoxy) is 1. The van der Waals surface area contributed by atoms with Crippen LogP contribution in [0.4, 0.5) is 4.39 Å². The molecule has 3 unspecified atom stereocenters. The Morgan fingerprint density at radius 3 is 2.73 bits per heavy atom. The van der Waals surface area contributed by atoms with Crippen LogP contribution in [-0.2, 0) is 0 Å². The van der Waals surface area contributed by atoms with E-state index in [0.29, 0.717) is 34.6 Å². The second-order valence-electron chi connectivity index (χ2n) is 7.33. The first-order valence-electron chi connectivity index (χ1n) is 7.93. The van der Waals surface area contributed by atoms with Gasteiger partial charge in [0.1, 0.15) is 11.6 Å². The van der Waals surface area contributed by atoms with Gasteiger partial charge in [-0.1, -0.05) is 25.4 Å². The second-order valence-corrected chi connectivity index (χ2v) is 7.73. The average molecular weight is 325 g/mol. The maximum atomic E-state index is 13.9. The van der Waals surface area contributed by atoms with Gasteiger partial charge in [0.25, 0.3) is 0 Å². The van der Waals surface area contributed by atoms with Crippen LogP contribution in [0.15, 0.2) is 12.1 Å². The summed E-state index contributed by atoms with van der Waals surface area (Å²) in [5.74, 6) is 1.48. The fourth-order valence-corrected chi connectivity index (χ4v) is 4.49. The van der Waals surface area contributed by atoms with Crippen molar-refractivity contribution in [3.63, 3.8) is 0 Å². The third-order valence-electron chi connectivity index (χ3n) is 5.86. The van der Waals surface area contributed by atoms with Crippen LogP contribution >= 0.6 is 11.6 Å². The van der Waals surface area contributed by atoms with Crippen molar-refractivity contribution in [3.05, 3.63) is 28.5 Å². The average Bonchev–Trinajstić information content (AvgIpc) is 2.47. The van der Waals surface area contributed by atoms with Gasteiger partial charge in [0.15, 0.2) is 5.78 Å². The Labute approximate surface area is 136 Å². The van der Waals surface area contributed by atoms with Crippen molar-refractivity contribution >= 4 is 17.4 Å². The van der Waals surface area contributed by atoms with Gasteiger partial charge in [0.05, 0.1) is 17.2 Å². The predicted molar refractivity (Wildman–Crippen MR) is 85.0 cm³/mol. The van der Waals surface area contributed by atoms with E-state index >= 15 is 0 Å². The SMILES string of the molecule is CC(=O)c1cc(Cl)c(OCC2CCC3CC2C3(C)C)cc1F. The molecule has 0 amide bonds. The fraction of sp³-hybridized carbons (Fsp3) is 0.611. The molecule has 3 atom stereocenters. The summed E-state index contributed by atoms with van der Waals surface area (Å²) in [6.45, 7) is 6.57. The maximum absolute atomic E-state index is 13.9. The number of fused-ring (bicyclic) bond motifs is 2. The van der Waals surface area contributed by atoms with E-state index in [2.05, 4.69) is 13.8 Å². The van der Waals surface area contributed by atoms with Crippen molar-refractivity contribution in [1.29, 1.82) is 0 Å². The number of carbonyl (C=O) groups excluding carboxylic acids is 1. The number of hydrogen-bond donors (Lipinski definition) is 0. The Hall–Kier alpha value is -1.09. The molecule has 1 aromatic rings. The standard InChI is InChI=1S/C18H22ClFO2/c1-10(21)13-7-15(19)17(8-16(13)20)22-9-11-4-5-12-6-14(11)18(12,2)3/h7-8,11-12,14H,4-6,9H2,1-3H3. The lowest BCUT2D eigenvalue weighted by Gasteiger charge is -2.60. The summed E-state index contributed by atoms with van der Waals surface area (Å²) < 4.78 is 19.7. The number of ketones is 1. The van der Waals surface area contributed by atoms with Crippen molar-refractivity contribution < 1.29 is 13.9 Å². The van der Waals surface area contributed by atoms with E-state index in [-0.39, 0.29) is 11.3 Å². The van der Waals surface area contributed by atoms with Crippen molar-refractivity contribution in [2.24, 2.45) is 23.2 Å². The first kappa shape index (κ1) is 15.8. The van der Waals surface area contributed by atoms with Crippen LogP contribution in [-0.4, -0.2) is 12.4 Å². The normalized spacial score (nSPS) is 28.9. The van der Waals surface area contributed by atoms with Crippen molar-refractivity contribution in [2.75, 3.05) is 6.61 Å². The van der Waals surface area contributed by atoms with Gasteiger partial charge in [0, 0.05) is 6.07 Å². The molecular formula is C18H22ClFO2. The van der Waals surface area contributed by atoms with Gasteiger partial charge in [-0.3, -0.25) is 4.79 Å². The minimum Gasteiger partial charge on any atom is -0.492 e. The topological polar surface area (TPSA) is 26.3 Å². The van der Waals surface area contributed by atoms with Gasteiger partial charge in [-0.15, -0.1) is 0 Å². The number of carbonyl (C=O) groups is 1. The molecule has 0 saturated heterocycles. The molecule has 4 rings (SSSR count). The number of benzene rings is 1. The van der Waals surface area contributed by atoms with Crippen molar-refractivity contribution in [1.82, 2.24) is 0 Å². The Morgan fingerprint density at radius 1 is 1.41 bits per heavy atom. The summed E-state index contributed by atoms with van der Waals surface area (Å²) in [4.78, 5) is 11.3.